The predicted molar refractivity (Wildman–Crippen MR) is 72.2 cm³/mol. The Kier molecular flexibility index (Phi) is 2.97. The lowest BCUT2D eigenvalue weighted by molar-refractivity contribution is 0.221. The van der Waals surface area contributed by atoms with Crippen LogP contribution in [-0.4, -0.2) is 10.1 Å². The lowest BCUT2D eigenvalue weighted by Gasteiger charge is -2.13. The standard InChI is InChI=1S/C16H12FNO/c17-13-8-6-12(7-9-13)16(19)14-5-1-3-11-4-2-10-18-15(11)14/h1-10,16,19H. The lowest BCUT2D eigenvalue weighted by atomic mass is 9.99. The molecule has 0 bridgehead atoms. The first kappa shape index (κ1) is 11.8. The number of para-hydroxylation sites is 1. The fourth-order valence-corrected chi connectivity index (χ4v) is 2.17. The molecule has 94 valence electrons. The summed E-state index contributed by atoms with van der Waals surface area (Å²) in [5.41, 5.74) is 2.14. The van der Waals surface area contributed by atoms with Gasteiger partial charge in [0.25, 0.3) is 0 Å². The zero-order valence-electron chi connectivity index (χ0n) is 10.1. The van der Waals surface area contributed by atoms with Crippen LogP contribution < -0.4 is 0 Å². The fourth-order valence-electron chi connectivity index (χ4n) is 2.17. The second kappa shape index (κ2) is 4.78. The average Bonchev–Trinajstić information content (AvgIpc) is 2.47. The summed E-state index contributed by atoms with van der Waals surface area (Å²) in [6.07, 6.45) is 0.891. The molecule has 1 aromatic heterocycles. The minimum absolute atomic E-state index is 0.313. The highest BCUT2D eigenvalue weighted by molar-refractivity contribution is 5.82. The third-order valence-corrected chi connectivity index (χ3v) is 3.14. The number of rotatable bonds is 2. The van der Waals surface area contributed by atoms with Crippen molar-refractivity contribution < 1.29 is 9.50 Å². The Morgan fingerprint density at radius 1 is 0.947 bits per heavy atom. The van der Waals surface area contributed by atoms with Crippen LogP contribution in [0, 0.1) is 5.82 Å². The fraction of sp³-hybridized carbons (Fsp3) is 0.0625. The summed E-state index contributed by atoms with van der Waals surface area (Å²) in [5, 5.41) is 11.4. The topological polar surface area (TPSA) is 33.1 Å². The smallest absolute Gasteiger partial charge is 0.123 e. The van der Waals surface area contributed by atoms with Gasteiger partial charge in [0.05, 0.1) is 5.52 Å². The van der Waals surface area contributed by atoms with Crippen LogP contribution in [0.1, 0.15) is 17.2 Å². The molecule has 1 N–H and O–H groups in total. The van der Waals surface area contributed by atoms with E-state index < -0.39 is 6.10 Å². The molecule has 1 unspecified atom stereocenters. The van der Waals surface area contributed by atoms with Crippen molar-refractivity contribution in [3.8, 4) is 0 Å². The zero-order valence-corrected chi connectivity index (χ0v) is 10.1. The molecule has 0 fully saturated rings. The van der Waals surface area contributed by atoms with Gasteiger partial charge in [0, 0.05) is 17.1 Å². The Morgan fingerprint density at radius 2 is 1.68 bits per heavy atom. The molecular weight excluding hydrogens is 241 g/mol. The molecule has 3 aromatic rings. The summed E-state index contributed by atoms with van der Waals surface area (Å²) in [6.45, 7) is 0. The Balaban J connectivity index is 2.11. The molecule has 0 aliphatic carbocycles. The molecule has 0 aliphatic rings. The van der Waals surface area contributed by atoms with E-state index in [0.29, 0.717) is 5.56 Å². The summed E-state index contributed by atoms with van der Waals surface area (Å²) >= 11 is 0. The van der Waals surface area contributed by atoms with Crippen LogP contribution in [0.2, 0.25) is 0 Å². The van der Waals surface area contributed by atoms with E-state index in [1.54, 1.807) is 18.3 Å². The second-order valence-electron chi connectivity index (χ2n) is 4.38. The summed E-state index contributed by atoms with van der Waals surface area (Å²) in [4.78, 5) is 4.31. The maximum Gasteiger partial charge on any atom is 0.123 e. The number of aliphatic hydroxyl groups is 1. The first-order valence-corrected chi connectivity index (χ1v) is 6.03. The number of fused-ring (bicyclic) bond motifs is 1. The van der Waals surface area contributed by atoms with E-state index in [1.807, 2.05) is 30.3 Å². The van der Waals surface area contributed by atoms with Crippen LogP contribution in [0.4, 0.5) is 4.39 Å². The SMILES string of the molecule is OC(c1ccc(F)cc1)c1cccc2cccnc12. The van der Waals surface area contributed by atoms with E-state index in [1.165, 1.54) is 12.1 Å². The van der Waals surface area contributed by atoms with Crippen LogP contribution in [-0.2, 0) is 0 Å². The van der Waals surface area contributed by atoms with Crippen molar-refractivity contribution in [3.05, 3.63) is 77.7 Å². The quantitative estimate of drug-likeness (QED) is 0.758. The lowest BCUT2D eigenvalue weighted by Crippen LogP contribution is -2.01. The number of benzene rings is 2. The van der Waals surface area contributed by atoms with Crippen molar-refractivity contribution in [1.82, 2.24) is 4.98 Å². The molecule has 1 heterocycles. The number of hydrogen-bond acceptors (Lipinski definition) is 2. The first-order chi connectivity index (χ1) is 9.25. The molecule has 0 radical (unpaired) electrons. The van der Waals surface area contributed by atoms with Gasteiger partial charge in [-0.25, -0.2) is 4.39 Å². The van der Waals surface area contributed by atoms with Crippen molar-refractivity contribution in [2.75, 3.05) is 0 Å². The highest BCUT2D eigenvalue weighted by Gasteiger charge is 2.14. The van der Waals surface area contributed by atoms with Crippen LogP contribution >= 0.6 is 0 Å². The summed E-state index contributed by atoms with van der Waals surface area (Å²) in [6, 6.07) is 15.3. The Morgan fingerprint density at radius 3 is 2.47 bits per heavy atom. The summed E-state index contributed by atoms with van der Waals surface area (Å²) < 4.78 is 12.9. The van der Waals surface area contributed by atoms with Gasteiger partial charge in [0.15, 0.2) is 0 Å². The van der Waals surface area contributed by atoms with Crippen LogP contribution in [0.5, 0.6) is 0 Å². The van der Waals surface area contributed by atoms with Gasteiger partial charge < -0.3 is 5.11 Å². The van der Waals surface area contributed by atoms with Gasteiger partial charge in [-0.2, -0.15) is 0 Å². The number of hydrogen-bond donors (Lipinski definition) is 1. The van der Waals surface area contributed by atoms with E-state index in [0.717, 1.165) is 16.5 Å². The van der Waals surface area contributed by atoms with Crippen molar-refractivity contribution in [2.45, 2.75) is 6.10 Å². The largest absolute Gasteiger partial charge is 0.384 e. The van der Waals surface area contributed by atoms with Crippen LogP contribution in [0.15, 0.2) is 60.8 Å². The minimum atomic E-state index is -0.806. The van der Waals surface area contributed by atoms with Crippen molar-refractivity contribution in [1.29, 1.82) is 0 Å². The molecule has 0 aliphatic heterocycles. The highest BCUT2D eigenvalue weighted by Crippen LogP contribution is 2.27. The maximum atomic E-state index is 12.9. The number of nitrogens with zero attached hydrogens (tertiary/aromatic N) is 1. The molecule has 0 saturated heterocycles. The van der Waals surface area contributed by atoms with Gasteiger partial charge in [0.2, 0.25) is 0 Å². The molecule has 3 heteroatoms. The predicted octanol–water partition coefficient (Wildman–Crippen LogP) is 3.46. The van der Waals surface area contributed by atoms with Gasteiger partial charge in [-0.05, 0) is 23.8 Å². The average molecular weight is 253 g/mol. The number of pyridine rings is 1. The summed E-state index contributed by atoms with van der Waals surface area (Å²) in [5.74, 6) is -0.313. The number of aromatic nitrogens is 1. The van der Waals surface area contributed by atoms with E-state index in [2.05, 4.69) is 4.98 Å². The first-order valence-electron chi connectivity index (χ1n) is 6.03. The number of halogens is 1. The molecule has 2 aromatic carbocycles. The van der Waals surface area contributed by atoms with Crippen molar-refractivity contribution in [3.63, 3.8) is 0 Å². The van der Waals surface area contributed by atoms with Gasteiger partial charge in [0.1, 0.15) is 11.9 Å². The Bertz CT molecular complexity index is 704. The Hall–Kier alpha value is -2.26. The van der Waals surface area contributed by atoms with E-state index in [-0.39, 0.29) is 5.82 Å². The molecule has 3 rings (SSSR count). The molecule has 0 spiro atoms. The van der Waals surface area contributed by atoms with Crippen molar-refractivity contribution >= 4 is 10.9 Å². The normalized spacial score (nSPS) is 12.5. The summed E-state index contributed by atoms with van der Waals surface area (Å²) in [7, 11) is 0. The van der Waals surface area contributed by atoms with Gasteiger partial charge in [-0.1, -0.05) is 36.4 Å². The zero-order chi connectivity index (χ0) is 13.2. The number of aliphatic hydroxyl groups excluding tert-OH is 1. The van der Waals surface area contributed by atoms with Crippen LogP contribution in [0.3, 0.4) is 0 Å². The molecule has 2 nitrogen and oxygen atoms in total. The monoisotopic (exact) mass is 253 g/mol. The maximum absolute atomic E-state index is 12.9. The van der Waals surface area contributed by atoms with E-state index in [9.17, 15) is 9.50 Å². The molecule has 0 saturated carbocycles. The molecule has 19 heavy (non-hydrogen) atoms. The van der Waals surface area contributed by atoms with Gasteiger partial charge >= 0.3 is 0 Å². The highest BCUT2D eigenvalue weighted by atomic mass is 19.1. The van der Waals surface area contributed by atoms with E-state index >= 15 is 0 Å². The third kappa shape index (κ3) is 2.20. The molecular formula is C16H12FNO. The Labute approximate surface area is 110 Å². The molecule has 1 atom stereocenters. The minimum Gasteiger partial charge on any atom is -0.384 e. The van der Waals surface area contributed by atoms with Gasteiger partial charge in [-0.3, -0.25) is 4.98 Å². The second-order valence-corrected chi connectivity index (χ2v) is 4.38. The van der Waals surface area contributed by atoms with E-state index in [4.69, 9.17) is 0 Å². The molecule has 0 amide bonds. The van der Waals surface area contributed by atoms with Gasteiger partial charge in [-0.15, -0.1) is 0 Å². The third-order valence-electron chi connectivity index (χ3n) is 3.14. The van der Waals surface area contributed by atoms with Crippen LogP contribution in [0.25, 0.3) is 10.9 Å². The van der Waals surface area contributed by atoms with Crippen molar-refractivity contribution in [2.24, 2.45) is 0 Å².